The van der Waals surface area contributed by atoms with E-state index in [4.69, 9.17) is 0 Å². The average Bonchev–Trinajstić information content (AvgIpc) is 2.61. The smallest absolute Gasteiger partial charge is 0.243 e. The number of carbonyl (C=O) groups excluding carboxylic acids is 2. The monoisotopic (exact) mass is 394 g/mol. The van der Waals surface area contributed by atoms with E-state index < -0.39 is 34.0 Å². The van der Waals surface area contributed by atoms with E-state index in [-0.39, 0.29) is 28.5 Å². The number of nitrogens with one attached hydrogen (secondary N) is 2. The Kier molecular flexibility index (Phi) is 6.51. The summed E-state index contributed by atoms with van der Waals surface area (Å²) in [7, 11) is -3.50. The van der Waals surface area contributed by atoms with Crippen molar-refractivity contribution >= 4 is 27.3 Å². The van der Waals surface area contributed by atoms with Crippen LogP contribution in [-0.2, 0) is 25.8 Å². The summed E-state index contributed by atoms with van der Waals surface area (Å²) in [6, 6.07) is 9.10. The third-order valence-corrected chi connectivity index (χ3v) is 5.41. The molecule has 144 valence electrons. The van der Waals surface area contributed by atoms with Gasteiger partial charge in [-0.05, 0) is 35.9 Å². The molecule has 0 aromatic heterocycles. The van der Waals surface area contributed by atoms with Gasteiger partial charge in [0, 0.05) is 0 Å². The lowest BCUT2D eigenvalue weighted by Crippen LogP contribution is -2.33. The zero-order valence-corrected chi connectivity index (χ0v) is 15.3. The molecule has 2 aromatic rings. The van der Waals surface area contributed by atoms with Crippen LogP contribution >= 0.6 is 0 Å². The summed E-state index contributed by atoms with van der Waals surface area (Å²) >= 11 is 0. The minimum absolute atomic E-state index is 0.0340. The number of anilines is 1. The van der Waals surface area contributed by atoms with Crippen molar-refractivity contribution in [2.45, 2.75) is 18.2 Å². The normalized spacial score (nSPS) is 11.0. The van der Waals surface area contributed by atoms with Crippen molar-refractivity contribution < 1.29 is 27.5 Å². The minimum atomic E-state index is -3.50. The average molecular weight is 394 g/mol. The summed E-state index contributed by atoms with van der Waals surface area (Å²) < 4.78 is 36.9. The molecule has 2 amide bonds. The highest BCUT2D eigenvalue weighted by Crippen LogP contribution is 2.26. The Labute approximate surface area is 156 Å². The molecule has 7 nitrogen and oxygen atoms in total. The predicted octanol–water partition coefficient (Wildman–Crippen LogP) is 1.62. The van der Waals surface area contributed by atoms with Gasteiger partial charge in [-0.15, -0.1) is 0 Å². The largest absolute Gasteiger partial charge is 0.506 e. The van der Waals surface area contributed by atoms with Gasteiger partial charge in [0.25, 0.3) is 0 Å². The summed E-state index contributed by atoms with van der Waals surface area (Å²) in [6.45, 7) is 1.09. The summed E-state index contributed by atoms with van der Waals surface area (Å²) in [5.74, 6) is -2.02. The molecule has 0 unspecified atom stereocenters. The quantitative estimate of drug-likeness (QED) is 0.618. The zero-order chi connectivity index (χ0) is 20.0. The Balaban J connectivity index is 1.95. The van der Waals surface area contributed by atoms with Gasteiger partial charge in [-0.25, -0.2) is 12.8 Å². The van der Waals surface area contributed by atoms with Gasteiger partial charge in [-0.3, -0.25) is 9.59 Å². The summed E-state index contributed by atoms with van der Waals surface area (Å²) in [6.07, 6.45) is -0.0967. The highest BCUT2D eigenvalue weighted by Gasteiger charge is 2.15. The molecule has 0 aliphatic heterocycles. The number of phenols is 1. The van der Waals surface area contributed by atoms with Crippen LogP contribution in [0.1, 0.15) is 12.5 Å². The number of phenolic OH excluding ortho intramolecular Hbond substituents is 1. The first-order valence-electron chi connectivity index (χ1n) is 8.08. The lowest BCUT2D eigenvalue weighted by molar-refractivity contribution is -0.123. The van der Waals surface area contributed by atoms with Crippen LogP contribution in [0.5, 0.6) is 5.75 Å². The molecule has 0 spiro atoms. The fourth-order valence-corrected chi connectivity index (χ4v) is 3.15. The van der Waals surface area contributed by atoms with Crippen LogP contribution in [0.25, 0.3) is 0 Å². The van der Waals surface area contributed by atoms with Crippen LogP contribution in [-0.4, -0.2) is 37.6 Å². The predicted molar refractivity (Wildman–Crippen MR) is 97.6 cm³/mol. The first-order valence-corrected chi connectivity index (χ1v) is 9.73. The number of benzene rings is 2. The molecule has 0 aliphatic rings. The van der Waals surface area contributed by atoms with E-state index in [9.17, 15) is 27.5 Å². The van der Waals surface area contributed by atoms with Gasteiger partial charge >= 0.3 is 0 Å². The van der Waals surface area contributed by atoms with Gasteiger partial charge in [0.2, 0.25) is 11.8 Å². The van der Waals surface area contributed by atoms with Crippen molar-refractivity contribution in [2.24, 2.45) is 0 Å². The van der Waals surface area contributed by atoms with Gasteiger partial charge in [0.15, 0.2) is 9.84 Å². The number of amides is 2. The van der Waals surface area contributed by atoms with Crippen LogP contribution in [0.3, 0.4) is 0 Å². The summed E-state index contributed by atoms with van der Waals surface area (Å²) in [5.41, 5.74) is 0.386. The second-order valence-electron chi connectivity index (χ2n) is 5.71. The maximum Gasteiger partial charge on any atom is 0.243 e. The lowest BCUT2D eigenvalue weighted by atomic mass is 10.1. The third-order valence-electron chi connectivity index (χ3n) is 3.68. The van der Waals surface area contributed by atoms with Crippen LogP contribution in [0, 0.1) is 5.82 Å². The molecule has 0 bridgehead atoms. The van der Waals surface area contributed by atoms with Crippen molar-refractivity contribution in [1.29, 1.82) is 0 Å². The lowest BCUT2D eigenvalue weighted by Gasteiger charge is -2.10. The highest BCUT2D eigenvalue weighted by atomic mass is 32.2. The second-order valence-corrected chi connectivity index (χ2v) is 7.99. The first kappa shape index (κ1) is 20.4. The topological polar surface area (TPSA) is 113 Å². The van der Waals surface area contributed by atoms with E-state index in [1.807, 2.05) is 0 Å². The molecule has 3 N–H and O–H groups in total. The van der Waals surface area contributed by atoms with Crippen molar-refractivity contribution in [3.05, 3.63) is 53.8 Å². The fraction of sp³-hybridized carbons (Fsp3) is 0.222. The molecule has 0 radical (unpaired) electrons. The minimum Gasteiger partial charge on any atom is -0.506 e. The van der Waals surface area contributed by atoms with Gasteiger partial charge in [-0.1, -0.05) is 19.1 Å². The number of halogens is 1. The number of hydrogen-bond donors (Lipinski definition) is 3. The van der Waals surface area contributed by atoms with E-state index >= 15 is 0 Å². The number of carbonyl (C=O) groups is 2. The van der Waals surface area contributed by atoms with Crippen molar-refractivity contribution in [3.63, 3.8) is 0 Å². The molecule has 0 atom stereocenters. The number of sulfone groups is 1. The van der Waals surface area contributed by atoms with Crippen molar-refractivity contribution in [3.8, 4) is 5.75 Å². The molecule has 2 rings (SSSR count). The van der Waals surface area contributed by atoms with Gasteiger partial charge in [0.1, 0.15) is 11.6 Å². The van der Waals surface area contributed by atoms with Crippen LogP contribution in [0.15, 0.2) is 47.4 Å². The van der Waals surface area contributed by atoms with Crippen molar-refractivity contribution in [2.75, 3.05) is 17.6 Å². The van der Waals surface area contributed by atoms with Crippen LogP contribution in [0.4, 0.5) is 10.1 Å². The van der Waals surface area contributed by atoms with Crippen molar-refractivity contribution in [1.82, 2.24) is 5.32 Å². The standard InChI is InChI=1S/C18H19FN2O5S/c1-2-27(25,26)14-6-7-16(22)15(10-14)21-18(24)11-20-17(23)9-12-4-3-5-13(19)8-12/h3-8,10,22H,2,9,11H2,1H3,(H,20,23)(H,21,24). The van der Waals surface area contributed by atoms with Gasteiger partial charge < -0.3 is 15.7 Å². The highest BCUT2D eigenvalue weighted by molar-refractivity contribution is 7.91. The molecular weight excluding hydrogens is 375 g/mol. The summed E-state index contributed by atoms with van der Waals surface area (Å²) in [5, 5.41) is 14.5. The number of hydrogen-bond acceptors (Lipinski definition) is 5. The number of aromatic hydroxyl groups is 1. The molecule has 0 heterocycles. The van der Waals surface area contributed by atoms with Gasteiger partial charge in [0.05, 0.1) is 29.3 Å². The molecule has 0 aliphatic carbocycles. The molecule has 2 aromatic carbocycles. The maximum absolute atomic E-state index is 13.1. The molecular formula is C18H19FN2O5S. The van der Waals surface area contributed by atoms with E-state index in [0.717, 1.165) is 6.07 Å². The van der Waals surface area contributed by atoms with E-state index in [0.29, 0.717) is 5.56 Å². The third kappa shape index (κ3) is 5.78. The fourth-order valence-electron chi connectivity index (χ4n) is 2.24. The maximum atomic E-state index is 13.1. The second kappa shape index (κ2) is 8.63. The molecule has 0 fully saturated rings. The summed E-state index contributed by atoms with van der Waals surface area (Å²) in [4.78, 5) is 23.8. The molecule has 0 saturated carbocycles. The zero-order valence-electron chi connectivity index (χ0n) is 14.5. The molecule has 0 saturated heterocycles. The Morgan fingerprint density at radius 3 is 2.52 bits per heavy atom. The van der Waals surface area contributed by atoms with Crippen LogP contribution in [0.2, 0.25) is 0 Å². The molecule has 9 heteroatoms. The Morgan fingerprint density at radius 1 is 1.11 bits per heavy atom. The van der Waals surface area contributed by atoms with E-state index in [1.54, 1.807) is 6.07 Å². The van der Waals surface area contributed by atoms with E-state index in [1.165, 1.54) is 37.3 Å². The number of rotatable bonds is 7. The SMILES string of the molecule is CCS(=O)(=O)c1ccc(O)c(NC(=O)CNC(=O)Cc2cccc(F)c2)c1. The Hall–Kier alpha value is -2.94. The van der Waals surface area contributed by atoms with E-state index in [2.05, 4.69) is 10.6 Å². The van der Waals surface area contributed by atoms with Crippen LogP contribution < -0.4 is 10.6 Å². The van der Waals surface area contributed by atoms with Gasteiger partial charge in [-0.2, -0.15) is 0 Å². The Morgan fingerprint density at radius 2 is 1.85 bits per heavy atom. The molecule has 27 heavy (non-hydrogen) atoms. The first-order chi connectivity index (χ1) is 12.7. The Bertz CT molecular complexity index is 960.